The van der Waals surface area contributed by atoms with Gasteiger partial charge in [0.2, 0.25) is 0 Å². The van der Waals surface area contributed by atoms with Crippen LogP contribution in [0.4, 0.5) is 0 Å². The van der Waals surface area contributed by atoms with Crippen LogP contribution in [0.2, 0.25) is 0 Å². The molecule has 0 spiro atoms. The molecule has 3 unspecified atom stereocenters. The summed E-state index contributed by atoms with van der Waals surface area (Å²) in [7, 11) is -9.93. The summed E-state index contributed by atoms with van der Waals surface area (Å²) >= 11 is 0. The van der Waals surface area contributed by atoms with Gasteiger partial charge in [-0.05, 0) is 37.5 Å². The van der Waals surface area contributed by atoms with E-state index in [1.807, 2.05) is 0 Å². The van der Waals surface area contributed by atoms with Crippen molar-refractivity contribution in [2.24, 2.45) is 11.8 Å². The quantitative estimate of drug-likeness (QED) is 0.0222. The lowest BCUT2D eigenvalue weighted by atomic mass is 10.00. The van der Waals surface area contributed by atoms with E-state index in [1.54, 1.807) is 0 Å². The van der Waals surface area contributed by atoms with Crippen LogP contribution in [0.1, 0.15) is 446 Å². The van der Waals surface area contributed by atoms with Crippen LogP contribution in [0.15, 0.2) is 0 Å². The van der Waals surface area contributed by atoms with E-state index in [0.717, 1.165) is 108 Å². The highest BCUT2D eigenvalue weighted by Gasteiger charge is 2.30. The Morgan fingerprint density at radius 3 is 0.738 bits per heavy atom. The van der Waals surface area contributed by atoms with Gasteiger partial charge in [0.15, 0.2) is 12.2 Å². The minimum Gasteiger partial charge on any atom is -0.462 e. The molecule has 0 saturated heterocycles. The second-order valence-corrected chi connectivity index (χ2v) is 33.8. The zero-order chi connectivity index (χ0) is 75.6. The maximum absolute atomic E-state index is 13.1. The maximum atomic E-state index is 13.1. The fourth-order valence-corrected chi connectivity index (χ4v) is 14.6. The van der Waals surface area contributed by atoms with Gasteiger partial charge in [-0.3, -0.25) is 37.3 Å². The van der Waals surface area contributed by atoms with E-state index in [-0.39, 0.29) is 25.7 Å². The van der Waals surface area contributed by atoms with Crippen molar-refractivity contribution in [3.05, 3.63) is 0 Å². The first kappa shape index (κ1) is 101. The number of aliphatic hydroxyl groups is 1. The zero-order valence-electron chi connectivity index (χ0n) is 67.6. The molecule has 0 amide bonds. The third-order valence-corrected chi connectivity index (χ3v) is 22.0. The lowest BCUT2D eigenvalue weighted by molar-refractivity contribution is -0.161. The van der Waals surface area contributed by atoms with Gasteiger partial charge in [0, 0.05) is 25.7 Å². The van der Waals surface area contributed by atoms with E-state index in [2.05, 4.69) is 41.5 Å². The third-order valence-electron chi connectivity index (χ3n) is 20.1. The summed E-state index contributed by atoms with van der Waals surface area (Å²) < 4.78 is 68.8. The SMILES string of the molecule is CCCCCCCCCCCCCCCCCCCC(=O)OC[C@H](COP(=O)(O)OC[C@@H](O)COP(=O)(O)OC[C@@H](COC(=O)CCCCCCCCC(C)CC)OC(=O)CCCCCCCCCCCCCCCCCCC)OC(=O)CCCCCCCCCCCCCCCCCCC(C)C. The van der Waals surface area contributed by atoms with Crippen LogP contribution in [-0.2, 0) is 65.4 Å². The minimum atomic E-state index is -4.96. The number of rotatable bonds is 83. The average molecular weight is 1510 g/mol. The van der Waals surface area contributed by atoms with Crippen molar-refractivity contribution in [3.8, 4) is 0 Å². The number of phosphoric ester groups is 2. The molecule has 3 N–H and O–H groups in total. The minimum absolute atomic E-state index is 0.108. The van der Waals surface area contributed by atoms with Crippen LogP contribution in [0.3, 0.4) is 0 Å². The molecule has 0 aliphatic carbocycles. The summed E-state index contributed by atoms with van der Waals surface area (Å²) in [4.78, 5) is 73.2. The Morgan fingerprint density at radius 2 is 0.495 bits per heavy atom. The van der Waals surface area contributed by atoms with E-state index in [0.29, 0.717) is 25.7 Å². The Kier molecular flexibility index (Phi) is 74.1. The number of esters is 4. The number of phosphoric acid groups is 2. The number of hydrogen-bond acceptors (Lipinski definition) is 15. The van der Waals surface area contributed by atoms with E-state index in [9.17, 15) is 43.2 Å². The number of carbonyl (C=O) groups excluding carboxylic acids is 4. The molecule has 0 aromatic heterocycles. The normalized spacial score (nSPS) is 14.1. The van der Waals surface area contributed by atoms with Crippen LogP contribution in [-0.4, -0.2) is 96.7 Å². The predicted molar refractivity (Wildman–Crippen MR) is 423 cm³/mol. The van der Waals surface area contributed by atoms with E-state index in [4.69, 9.17) is 37.0 Å². The fraction of sp³-hybridized carbons (Fsp3) is 0.952. The second kappa shape index (κ2) is 75.5. The molecule has 0 bridgehead atoms. The van der Waals surface area contributed by atoms with Gasteiger partial charge in [0.25, 0.3) is 0 Å². The first-order chi connectivity index (χ1) is 49.9. The highest BCUT2D eigenvalue weighted by molar-refractivity contribution is 7.47. The van der Waals surface area contributed by atoms with Gasteiger partial charge in [-0.15, -0.1) is 0 Å². The zero-order valence-corrected chi connectivity index (χ0v) is 69.4. The third kappa shape index (κ3) is 76.6. The summed E-state index contributed by atoms with van der Waals surface area (Å²) in [6.45, 7) is 9.65. The smallest absolute Gasteiger partial charge is 0.462 e. The number of unbranched alkanes of at least 4 members (excludes halogenated alkanes) is 52. The van der Waals surface area contributed by atoms with Gasteiger partial charge in [-0.2, -0.15) is 0 Å². The highest BCUT2D eigenvalue weighted by atomic mass is 31.2. The number of hydrogen-bond donors (Lipinski definition) is 3. The van der Waals surface area contributed by atoms with Crippen LogP contribution in [0.25, 0.3) is 0 Å². The molecule has 17 nitrogen and oxygen atoms in total. The van der Waals surface area contributed by atoms with E-state index >= 15 is 0 Å². The van der Waals surface area contributed by atoms with Gasteiger partial charge in [0.1, 0.15) is 19.3 Å². The van der Waals surface area contributed by atoms with Crippen molar-refractivity contribution < 1.29 is 80.2 Å². The van der Waals surface area contributed by atoms with Gasteiger partial charge in [-0.25, -0.2) is 9.13 Å². The van der Waals surface area contributed by atoms with Crippen molar-refractivity contribution in [1.82, 2.24) is 0 Å². The fourth-order valence-electron chi connectivity index (χ4n) is 13.0. The van der Waals surface area contributed by atoms with Gasteiger partial charge >= 0.3 is 39.5 Å². The molecule has 0 aromatic carbocycles. The van der Waals surface area contributed by atoms with Gasteiger partial charge in [0.05, 0.1) is 26.4 Å². The molecule has 0 radical (unpaired) electrons. The average Bonchev–Trinajstić information content (AvgIpc) is 0.919. The lowest BCUT2D eigenvalue weighted by Gasteiger charge is -2.21. The van der Waals surface area contributed by atoms with Crippen LogP contribution >= 0.6 is 15.6 Å². The molecule has 19 heteroatoms. The molecular weight excluding hydrogens is 1340 g/mol. The Labute approximate surface area is 632 Å². The second-order valence-electron chi connectivity index (χ2n) is 30.9. The Bertz CT molecular complexity index is 1980. The topological polar surface area (TPSA) is 237 Å². The Morgan fingerprint density at radius 1 is 0.282 bits per heavy atom. The number of aliphatic hydroxyl groups excluding tert-OH is 1. The largest absolute Gasteiger partial charge is 0.472 e. The highest BCUT2D eigenvalue weighted by Crippen LogP contribution is 2.45. The van der Waals surface area contributed by atoms with Crippen LogP contribution in [0.5, 0.6) is 0 Å². The molecule has 0 rings (SSSR count). The molecule has 0 fully saturated rings. The summed E-state index contributed by atoms with van der Waals surface area (Å²) in [6, 6.07) is 0. The van der Waals surface area contributed by atoms with Crippen molar-refractivity contribution in [3.63, 3.8) is 0 Å². The van der Waals surface area contributed by atoms with Crippen molar-refractivity contribution in [2.75, 3.05) is 39.6 Å². The molecule has 0 saturated carbocycles. The Balaban J connectivity index is 5.24. The lowest BCUT2D eigenvalue weighted by Crippen LogP contribution is -2.30. The Hall–Kier alpha value is -1.94. The van der Waals surface area contributed by atoms with Crippen molar-refractivity contribution in [2.45, 2.75) is 464 Å². The summed E-state index contributed by atoms with van der Waals surface area (Å²) in [5.41, 5.74) is 0. The molecule has 0 aromatic rings. The molecule has 0 aliphatic heterocycles. The molecule has 0 heterocycles. The predicted octanol–water partition coefficient (Wildman–Crippen LogP) is 25.5. The first-order valence-electron chi connectivity index (χ1n) is 43.5. The number of carbonyl (C=O) groups is 4. The van der Waals surface area contributed by atoms with Crippen molar-refractivity contribution >= 4 is 39.5 Å². The van der Waals surface area contributed by atoms with E-state index in [1.165, 1.54) is 257 Å². The monoisotopic (exact) mass is 1510 g/mol. The molecule has 0 aliphatic rings. The molecule has 6 atom stereocenters. The van der Waals surface area contributed by atoms with Gasteiger partial charge in [-0.1, -0.05) is 395 Å². The van der Waals surface area contributed by atoms with Gasteiger partial charge < -0.3 is 33.8 Å². The van der Waals surface area contributed by atoms with Crippen LogP contribution < -0.4 is 0 Å². The number of ether oxygens (including phenoxy) is 4. The van der Waals surface area contributed by atoms with Crippen molar-refractivity contribution in [1.29, 1.82) is 0 Å². The molecular formula is C84H164O17P2. The van der Waals surface area contributed by atoms with E-state index < -0.39 is 97.5 Å². The van der Waals surface area contributed by atoms with Crippen LogP contribution in [0, 0.1) is 11.8 Å². The summed E-state index contributed by atoms with van der Waals surface area (Å²) in [6.07, 6.45) is 66.6. The standard InChI is InChI=1S/C84H164O17P2/c1-7-10-12-14-16-18-20-22-24-26-31-35-39-43-47-54-60-66-81(86)94-72-79(100-83(88)68-62-57-49-45-41-37-33-29-28-30-34-38-42-46-52-58-64-76(4)5)74-98-102(90,91)96-70-78(85)71-97-103(92,93)99-75-80(73-95-82(87)67-61-55-51-50-53-59-65-77(6)9-3)101-84(89)69-63-56-48-44-40-36-32-27-25-23-21-19-17-15-13-11-8-2/h76-80,85H,7-75H2,1-6H3,(H,90,91)(H,92,93)/t77?,78-,79-,80-/m1/s1. The first-order valence-corrected chi connectivity index (χ1v) is 46.5. The summed E-state index contributed by atoms with van der Waals surface area (Å²) in [5.74, 6) is -0.564. The summed E-state index contributed by atoms with van der Waals surface area (Å²) in [5, 5.41) is 10.7. The molecule has 103 heavy (non-hydrogen) atoms. The maximum Gasteiger partial charge on any atom is 0.472 e. The molecule has 612 valence electrons.